The van der Waals surface area contributed by atoms with Crippen molar-refractivity contribution in [1.82, 2.24) is 5.32 Å². The molecule has 0 bridgehead atoms. The van der Waals surface area contributed by atoms with E-state index in [0.29, 0.717) is 5.92 Å². The van der Waals surface area contributed by atoms with Gasteiger partial charge in [-0.05, 0) is 56.5 Å². The topological polar surface area (TPSA) is 21.3 Å². The van der Waals surface area contributed by atoms with Crippen LogP contribution in [-0.4, -0.2) is 27.3 Å². The molecule has 18 heavy (non-hydrogen) atoms. The lowest BCUT2D eigenvalue weighted by atomic mass is 9.90. The maximum Gasteiger partial charge on any atom is 0.123 e. The van der Waals surface area contributed by atoms with Gasteiger partial charge in [0, 0.05) is 13.7 Å². The van der Waals surface area contributed by atoms with Gasteiger partial charge in [0.15, 0.2) is 0 Å². The number of rotatable bonds is 9. The fourth-order valence-electron chi connectivity index (χ4n) is 2.19. The molecule has 0 aliphatic carbocycles. The van der Waals surface area contributed by atoms with Crippen molar-refractivity contribution < 1.29 is 9.13 Å². The molecule has 1 atom stereocenters. The summed E-state index contributed by atoms with van der Waals surface area (Å²) in [6.45, 7) is 1.77. The van der Waals surface area contributed by atoms with Gasteiger partial charge in [0.25, 0.3) is 0 Å². The summed E-state index contributed by atoms with van der Waals surface area (Å²) in [4.78, 5) is 0. The fourth-order valence-corrected chi connectivity index (χ4v) is 2.19. The third-order valence-corrected chi connectivity index (χ3v) is 3.21. The van der Waals surface area contributed by atoms with Crippen LogP contribution in [0.1, 0.15) is 37.2 Å². The SMILES string of the molecule is CNCCC(CCCCOC)c1cccc(F)c1. The standard InChI is InChI=1S/C15H24FNO/c1-17-10-9-13(6-3-4-11-18-2)14-7-5-8-15(16)12-14/h5,7-8,12-13,17H,3-4,6,9-11H2,1-2H3. The number of ether oxygens (including phenoxy) is 1. The molecule has 0 amide bonds. The molecule has 0 aliphatic rings. The van der Waals surface area contributed by atoms with Gasteiger partial charge in [-0.15, -0.1) is 0 Å². The van der Waals surface area contributed by atoms with Crippen molar-refractivity contribution in [3.63, 3.8) is 0 Å². The molecule has 0 aliphatic heterocycles. The lowest BCUT2D eigenvalue weighted by Gasteiger charge is -2.17. The summed E-state index contributed by atoms with van der Waals surface area (Å²) < 4.78 is 18.3. The molecule has 0 saturated carbocycles. The highest BCUT2D eigenvalue weighted by molar-refractivity contribution is 5.20. The average molecular weight is 253 g/mol. The number of hydrogen-bond donors (Lipinski definition) is 1. The molecule has 0 heterocycles. The zero-order valence-electron chi connectivity index (χ0n) is 11.4. The van der Waals surface area contributed by atoms with E-state index in [1.165, 1.54) is 6.07 Å². The van der Waals surface area contributed by atoms with Gasteiger partial charge in [-0.2, -0.15) is 0 Å². The summed E-state index contributed by atoms with van der Waals surface area (Å²) in [6, 6.07) is 6.99. The lowest BCUT2D eigenvalue weighted by molar-refractivity contribution is 0.191. The van der Waals surface area contributed by atoms with E-state index in [2.05, 4.69) is 5.32 Å². The largest absolute Gasteiger partial charge is 0.385 e. The molecular weight excluding hydrogens is 229 g/mol. The molecule has 102 valence electrons. The van der Waals surface area contributed by atoms with Crippen LogP contribution >= 0.6 is 0 Å². The molecule has 1 unspecified atom stereocenters. The van der Waals surface area contributed by atoms with E-state index in [1.54, 1.807) is 19.2 Å². The van der Waals surface area contributed by atoms with E-state index in [4.69, 9.17) is 4.74 Å². The van der Waals surface area contributed by atoms with E-state index >= 15 is 0 Å². The monoisotopic (exact) mass is 253 g/mol. The van der Waals surface area contributed by atoms with E-state index in [9.17, 15) is 4.39 Å². The number of hydrogen-bond acceptors (Lipinski definition) is 2. The second kappa shape index (κ2) is 9.06. The quantitative estimate of drug-likeness (QED) is 0.682. The summed E-state index contributed by atoms with van der Waals surface area (Å²) in [5, 5.41) is 3.17. The Labute approximate surface area is 110 Å². The van der Waals surface area contributed by atoms with Gasteiger partial charge in [-0.1, -0.05) is 18.6 Å². The summed E-state index contributed by atoms with van der Waals surface area (Å²) in [5.41, 5.74) is 1.11. The molecule has 1 aromatic carbocycles. The van der Waals surface area contributed by atoms with Crippen molar-refractivity contribution >= 4 is 0 Å². The molecule has 0 saturated heterocycles. The number of halogens is 1. The van der Waals surface area contributed by atoms with Crippen molar-refractivity contribution in [3.05, 3.63) is 35.6 Å². The highest BCUT2D eigenvalue weighted by atomic mass is 19.1. The highest BCUT2D eigenvalue weighted by Gasteiger charge is 2.11. The summed E-state index contributed by atoms with van der Waals surface area (Å²) in [7, 11) is 3.68. The average Bonchev–Trinajstić information content (AvgIpc) is 2.38. The number of methoxy groups -OCH3 is 1. The maximum absolute atomic E-state index is 13.3. The second-order valence-electron chi connectivity index (χ2n) is 4.63. The van der Waals surface area contributed by atoms with Gasteiger partial charge < -0.3 is 10.1 Å². The zero-order chi connectivity index (χ0) is 13.2. The minimum atomic E-state index is -0.140. The Morgan fingerprint density at radius 2 is 2.11 bits per heavy atom. The highest BCUT2D eigenvalue weighted by Crippen LogP contribution is 2.25. The maximum atomic E-state index is 13.3. The Balaban J connectivity index is 2.54. The molecule has 2 nitrogen and oxygen atoms in total. The van der Waals surface area contributed by atoms with Crippen molar-refractivity contribution in [2.45, 2.75) is 31.6 Å². The van der Waals surface area contributed by atoms with Crippen molar-refractivity contribution in [3.8, 4) is 0 Å². The summed E-state index contributed by atoms with van der Waals surface area (Å²) in [6.07, 6.45) is 4.34. The number of benzene rings is 1. The van der Waals surface area contributed by atoms with Crippen LogP contribution < -0.4 is 5.32 Å². The Kier molecular flexibility index (Phi) is 7.62. The molecule has 0 aromatic heterocycles. The van der Waals surface area contributed by atoms with E-state index < -0.39 is 0 Å². The molecule has 1 aromatic rings. The zero-order valence-corrected chi connectivity index (χ0v) is 11.4. The van der Waals surface area contributed by atoms with Crippen LogP contribution in [0.3, 0.4) is 0 Å². The van der Waals surface area contributed by atoms with Crippen LogP contribution in [0.5, 0.6) is 0 Å². The molecule has 0 fully saturated rings. The molecule has 1 N–H and O–H groups in total. The van der Waals surface area contributed by atoms with Crippen molar-refractivity contribution in [2.75, 3.05) is 27.3 Å². The third kappa shape index (κ3) is 5.61. The van der Waals surface area contributed by atoms with Crippen LogP contribution in [0.4, 0.5) is 4.39 Å². The van der Waals surface area contributed by atoms with Crippen molar-refractivity contribution in [1.29, 1.82) is 0 Å². The second-order valence-corrected chi connectivity index (χ2v) is 4.63. The van der Waals surface area contributed by atoms with Gasteiger partial charge in [-0.25, -0.2) is 4.39 Å². The summed E-state index contributed by atoms with van der Waals surface area (Å²) >= 11 is 0. The Hall–Kier alpha value is -0.930. The minimum absolute atomic E-state index is 0.140. The third-order valence-electron chi connectivity index (χ3n) is 3.21. The molecule has 3 heteroatoms. The Bertz CT molecular complexity index is 330. The van der Waals surface area contributed by atoms with Crippen LogP contribution in [0.25, 0.3) is 0 Å². The molecular formula is C15H24FNO. The van der Waals surface area contributed by atoms with Crippen LogP contribution in [0.15, 0.2) is 24.3 Å². The van der Waals surface area contributed by atoms with Gasteiger partial charge in [0.1, 0.15) is 5.82 Å². The van der Waals surface area contributed by atoms with Crippen LogP contribution in [0, 0.1) is 5.82 Å². The number of nitrogens with one attached hydrogen (secondary N) is 1. The first-order chi connectivity index (χ1) is 8.77. The summed E-state index contributed by atoms with van der Waals surface area (Å²) in [5.74, 6) is 0.295. The first-order valence-electron chi connectivity index (χ1n) is 6.67. The molecule has 0 spiro atoms. The number of unbranched alkanes of at least 4 members (excludes halogenated alkanes) is 1. The van der Waals surface area contributed by atoms with Gasteiger partial charge in [0.05, 0.1) is 0 Å². The van der Waals surface area contributed by atoms with E-state index in [-0.39, 0.29) is 5.82 Å². The van der Waals surface area contributed by atoms with Crippen LogP contribution in [0.2, 0.25) is 0 Å². The van der Waals surface area contributed by atoms with Crippen LogP contribution in [-0.2, 0) is 4.74 Å². The molecule has 1 rings (SSSR count). The Morgan fingerprint density at radius 3 is 2.78 bits per heavy atom. The molecule has 0 radical (unpaired) electrons. The van der Waals surface area contributed by atoms with Gasteiger partial charge in [0.2, 0.25) is 0 Å². The van der Waals surface area contributed by atoms with Crippen molar-refractivity contribution in [2.24, 2.45) is 0 Å². The predicted octanol–water partition coefficient (Wildman–Crippen LogP) is 3.34. The predicted molar refractivity (Wildman–Crippen MR) is 73.4 cm³/mol. The Morgan fingerprint density at radius 1 is 1.28 bits per heavy atom. The van der Waals surface area contributed by atoms with Gasteiger partial charge >= 0.3 is 0 Å². The minimum Gasteiger partial charge on any atom is -0.385 e. The normalized spacial score (nSPS) is 12.6. The van der Waals surface area contributed by atoms with E-state index in [0.717, 1.165) is 44.4 Å². The smallest absolute Gasteiger partial charge is 0.123 e. The van der Waals surface area contributed by atoms with E-state index in [1.807, 2.05) is 13.1 Å². The lowest BCUT2D eigenvalue weighted by Crippen LogP contribution is -2.12. The fraction of sp³-hybridized carbons (Fsp3) is 0.600. The first-order valence-corrected chi connectivity index (χ1v) is 6.67. The first kappa shape index (κ1) is 15.1. The van der Waals surface area contributed by atoms with Gasteiger partial charge in [-0.3, -0.25) is 0 Å².